The Kier molecular flexibility index (Phi) is 5.48. The fourth-order valence-electron chi connectivity index (χ4n) is 3.76. The molecule has 4 heteroatoms. The molecule has 0 atom stereocenters. The molecule has 0 aliphatic rings. The Morgan fingerprint density at radius 3 is 2.37 bits per heavy atom. The molecule has 4 rings (SSSR count). The van der Waals surface area contributed by atoms with Crippen molar-refractivity contribution < 1.29 is 5.11 Å². The first-order valence-corrected chi connectivity index (χ1v) is 10.1. The third kappa shape index (κ3) is 3.90. The molecule has 3 aromatic carbocycles. The molecule has 30 heavy (non-hydrogen) atoms. The molecule has 0 aliphatic heterocycles. The second-order valence-corrected chi connectivity index (χ2v) is 7.47. The standard InChI is InChI=1S/C26H24N2O2/c1-18-9-8-12-21(17-18)24-19(2)27-25(22-13-6-7-14-23(22)29)28(26(24)30)16-15-20-10-4-3-5-11-20/h3-14,17,29H,15-16H2,1-2H3. The van der Waals surface area contributed by atoms with Gasteiger partial charge in [0.1, 0.15) is 11.6 Å². The van der Waals surface area contributed by atoms with Crippen LogP contribution < -0.4 is 5.56 Å². The van der Waals surface area contributed by atoms with Gasteiger partial charge < -0.3 is 5.11 Å². The van der Waals surface area contributed by atoms with E-state index >= 15 is 0 Å². The summed E-state index contributed by atoms with van der Waals surface area (Å²) in [5.41, 5.74) is 4.81. The van der Waals surface area contributed by atoms with Gasteiger partial charge in [-0.15, -0.1) is 0 Å². The van der Waals surface area contributed by atoms with Crippen molar-refractivity contribution in [1.82, 2.24) is 9.55 Å². The van der Waals surface area contributed by atoms with Crippen LogP contribution in [0.25, 0.3) is 22.5 Å². The van der Waals surface area contributed by atoms with Crippen LogP contribution in [-0.2, 0) is 13.0 Å². The van der Waals surface area contributed by atoms with Crippen LogP contribution >= 0.6 is 0 Å². The number of phenols is 1. The topological polar surface area (TPSA) is 55.1 Å². The Balaban J connectivity index is 1.90. The molecule has 0 radical (unpaired) electrons. The van der Waals surface area contributed by atoms with Crippen LogP contribution in [0.15, 0.2) is 83.7 Å². The molecule has 1 N–H and O–H groups in total. The van der Waals surface area contributed by atoms with E-state index in [1.807, 2.05) is 74.5 Å². The van der Waals surface area contributed by atoms with E-state index in [0.29, 0.717) is 35.6 Å². The van der Waals surface area contributed by atoms with Gasteiger partial charge in [-0.3, -0.25) is 9.36 Å². The number of aromatic nitrogens is 2. The van der Waals surface area contributed by atoms with E-state index < -0.39 is 0 Å². The molecule has 1 aromatic heterocycles. The van der Waals surface area contributed by atoms with Crippen molar-refractivity contribution in [2.45, 2.75) is 26.8 Å². The Morgan fingerprint density at radius 2 is 1.63 bits per heavy atom. The minimum absolute atomic E-state index is 0.0951. The summed E-state index contributed by atoms with van der Waals surface area (Å²) in [6.07, 6.45) is 0.694. The van der Waals surface area contributed by atoms with Gasteiger partial charge in [-0.1, -0.05) is 72.3 Å². The van der Waals surface area contributed by atoms with E-state index in [1.165, 1.54) is 0 Å². The highest BCUT2D eigenvalue weighted by Crippen LogP contribution is 2.29. The van der Waals surface area contributed by atoms with Gasteiger partial charge in [0.15, 0.2) is 0 Å². The van der Waals surface area contributed by atoms with Gasteiger partial charge >= 0.3 is 0 Å². The van der Waals surface area contributed by atoms with E-state index in [0.717, 1.165) is 16.7 Å². The first kappa shape index (κ1) is 19.6. The van der Waals surface area contributed by atoms with Crippen molar-refractivity contribution in [3.63, 3.8) is 0 Å². The van der Waals surface area contributed by atoms with Crippen LogP contribution in [0.3, 0.4) is 0 Å². The number of aryl methyl sites for hydroxylation is 3. The summed E-state index contributed by atoms with van der Waals surface area (Å²) in [7, 11) is 0. The Labute approximate surface area is 176 Å². The molecule has 0 amide bonds. The lowest BCUT2D eigenvalue weighted by atomic mass is 10.0. The highest BCUT2D eigenvalue weighted by atomic mass is 16.3. The Hall–Kier alpha value is -3.66. The van der Waals surface area contributed by atoms with Crippen LogP contribution in [0.1, 0.15) is 16.8 Å². The van der Waals surface area contributed by atoms with E-state index in [2.05, 4.69) is 0 Å². The predicted octanol–water partition coefficient (Wildman–Crippen LogP) is 5.14. The van der Waals surface area contributed by atoms with Gasteiger partial charge in [0.05, 0.1) is 16.8 Å². The lowest BCUT2D eigenvalue weighted by molar-refractivity contribution is 0.476. The molecule has 0 bridgehead atoms. The van der Waals surface area contributed by atoms with Gasteiger partial charge in [-0.25, -0.2) is 4.98 Å². The SMILES string of the molecule is Cc1cccc(-c2c(C)nc(-c3ccccc3O)n(CCc3ccccc3)c2=O)c1. The molecular formula is C26H24N2O2. The summed E-state index contributed by atoms with van der Waals surface area (Å²) in [6.45, 7) is 4.33. The lowest BCUT2D eigenvalue weighted by Gasteiger charge is -2.17. The quantitative estimate of drug-likeness (QED) is 0.508. The summed E-state index contributed by atoms with van der Waals surface area (Å²) < 4.78 is 1.69. The van der Waals surface area contributed by atoms with Crippen LogP contribution in [0.5, 0.6) is 5.75 Å². The molecule has 150 valence electrons. The van der Waals surface area contributed by atoms with E-state index in [4.69, 9.17) is 4.98 Å². The van der Waals surface area contributed by atoms with Crippen molar-refractivity contribution in [3.05, 3.63) is 106 Å². The maximum absolute atomic E-state index is 13.7. The van der Waals surface area contributed by atoms with Crippen LogP contribution in [0, 0.1) is 13.8 Å². The highest BCUT2D eigenvalue weighted by Gasteiger charge is 2.18. The minimum Gasteiger partial charge on any atom is -0.507 e. The summed E-state index contributed by atoms with van der Waals surface area (Å²) in [6, 6.07) is 25.0. The number of para-hydroxylation sites is 1. The molecule has 4 aromatic rings. The number of nitrogens with zero attached hydrogens (tertiary/aromatic N) is 2. The van der Waals surface area contributed by atoms with Gasteiger partial charge in [-0.05, 0) is 43.5 Å². The summed E-state index contributed by atoms with van der Waals surface area (Å²) >= 11 is 0. The van der Waals surface area contributed by atoms with Crippen molar-refractivity contribution in [2.24, 2.45) is 0 Å². The number of aromatic hydroxyl groups is 1. The molecule has 4 nitrogen and oxygen atoms in total. The smallest absolute Gasteiger partial charge is 0.261 e. The number of hydrogen-bond acceptors (Lipinski definition) is 3. The first-order valence-electron chi connectivity index (χ1n) is 10.1. The van der Waals surface area contributed by atoms with E-state index in [-0.39, 0.29) is 11.3 Å². The molecular weight excluding hydrogens is 372 g/mol. The number of phenolic OH excluding ortho intramolecular Hbond substituents is 1. The summed E-state index contributed by atoms with van der Waals surface area (Å²) in [5.74, 6) is 0.600. The van der Waals surface area contributed by atoms with Crippen molar-refractivity contribution >= 4 is 0 Å². The minimum atomic E-state index is -0.0951. The number of rotatable bonds is 5. The number of benzene rings is 3. The summed E-state index contributed by atoms with van der Waals surface area (Å²) in [4.78, 5) is 18.5. The average molecular weight is 396 g/mol. The maximum Gasteiger partial charge on any atom is 0.261 e. The molecule has 0 spiro atoms. The lowest BCUT2D eigenvalue weighted by Crippen LogP contribution is -2.27. The first-order chi connectivity index (χ1) is 14.5. The molecule has 0 saturated heterocycles. The fraction of sp³-hybridized carbons (Fsp3) is 0.154. The van der Waals surface area contributed by atoms with Gasteiger partial charge in [0, 0.05) is 6.54 Å². The van der Waals surface area contributed by atoms with E-state index in [9.17, 15) is 9.90 Å². The second kappa shape index (κ2) is 8.37. The molecule has 0 saturated carbocycles. The normalized spacial score (nSPS) is 10.9. The van der Waals surface area contributed by atoms with Crippen molar-refractivity contribution in [3.8, 4) is 28.3 Å². The Bertz CT molecular complexity index is 1240. The number of hydrogen-bond donors (Lipinski definition) is 1. The average Bonchev–Trinajstić information content (AvgIpc) is 2.74. The zero-order chi connectivity index (χ0) is 21.1. The largest absolute Gasteiger partial charge is 0.507 e. The molecule has 0 unspecified atom stereocenters. The van der Waals surface area contributed by atoms with Crippen molar-refractivity contribution in [2.75, 3.05) is 0 Å². The van der Waals surface area contributed by atoms with Crippen LogP contribution in [0.4, 0.5) is 0 Å². The zero-order valence-corrected chi connectivity index (χ0v) is 17.2. The molecule has 1 heterocycles. The molecule has 0 aliphatic carbocycles. The van der Waals surface area contributed by atoms with Crippen LogP contribution in [-0.4, -0.2) is 14.7 Å². The summed E-state index contributed by atoms with van der Waals surface area (Å²) in [5, 5.41) is 10.4. The fourth-order valence-corrected chi connectivity index (χ4v) is 3.76. The highest BCUT2D eigenvalue weighted by molar-refractivity contribution is 5.70. The van der Waals surface area contributed by atoms with Crippen molar-refractivity contribution in [1.29, 1.82) is 0 Å². The van der Waals surface area contributed by atoms with E-state index in [1.54, 1.807) is 22.8 Å². The third-order valence-electron chi connectivity index (χ3n) is 5.27. The second-order valence-electron chi connectivity index (χ2n) is 7.47. The zero-order valence-electron chi connectivity index (χ0n) is 17.2. The van der Waals surface area contributed by atoms with Gasteiger partial charge in [0.25, 0.3) is 5.56 Å². The van der Waals surface area contributed by atoms with Gasteiger partial charge in [-0.2, -0.15) is 0 Å². The van der Waals surface area contributed by atoms with Gasteiger partial charge in [0.2, 0.25) is 0 Å². The van der Waals surface area contributed by atoms with Crippen LogP contribution in [0.2, 0.25) is 0 Å². The predicted molar refractivity (Wildman–Crippen MR) is 121 cm³/mol. The molecule has 0 fully saturated rings. The third-order valence-corrected chi connectivity index (χ3v) is 5.27. The monoisotopic (exact) mass is 396 g/mol. The Morgan fingerprint density at radius 1 is 0.900 bits per heavy atom. The maximum atomic E-state index is 13.7.